The Labute approximate surface area is 155 Å². The van der Waals surface area contributed by atoms with E-state index >= 15 is 0 Å². The predicted molar refractivity (Wildman–Crippen MR) is 98.9 cm³/mol. The zero-order chi connectivity index (χ0) is 18.7. The van der Waals surface area contributed by atoms with Crippen LogP contribution in [0.5, 0.6) is 11.5 Å². The van der Waals surface area contributed by atoms with Gasteiger partial charge in [-0.15, -0.1) is 0 Å². The molecule has 0 aliphatic carbocycles. The van der Waals surface area contributed by atoms with Gasteiger partial charge in [0.1, 0.15) is 12.2 Å². The van der Waals surface area contributed by atoms with Gasteiger partial charge in [0.05, 0.1) is 18.2 Å². The summed E-state index contributed by atoms with van der Waals surface area (Å²) in [5.41, 5.74) is 1.97. The van der Waals surface area contributed by atoms with Crippen molar-refractivity contribution in [1.29, 1.82) is 5.26 Å². The van der Waals surface area contributed by atoms with Crippen molar-refractivity contribution in [2.45, 2.75) is 20.5 Å². The van der Waals surface area contributed by atoms with Crippen molar-refractivity contribution in [3.8, 4) is 17.6 Å². The smallest absolute Gasteiger partial charge is 0.336 e. The number of nitriles is 1. The molecule has 0 fully saturated rings. The van der Waals surface area contributed by atoms with E-state index in [2.05, 4.69) is 6.07 Å². The molecule has 26 heavy (non-hydrogen) atoms. The summed E-state index contributed by atoms with van der Waals surface area (Å²) in [6, 6.07) is 11.9. The minimum atomic E-state index is -0.456. The van der Waals surface area contributed by atoms with E-state index in [9.17, 15) is 4.79 Å². The maximum atomic E-state index is 11.8. The van der Waals surface area contributed by atoms with Gasteiger partial charge in [0, 0.05) is 28.1 Å². The summed E-state index contributed by atoms with van der Waals surface area (Å²) in [7, 11) is 0. The Bertz CT molecular complexity index is 1070. The van der Waals surface area contributed by atoms with Crippen LogP contribution in [0.3, 0.4) is 0 Å². The number of hydrogen-bond donors (Lipinski definition) is 0. The Kier molecular flexibility index (Phi) is 5.15. The first kappa shape index (κ1) is 17.8. The van der Waals surface area contributed by atoms with Crippen molar-refractivity contribution in [1.82, 2.24) is 0 Å². The van der Waals surface area contributed by atoms with Crippen LogP contribution in [0.1, 0.15) is 23.6 Å². The minimum Gasteiger partial charge on any atom is -0.490 e. The number of fused-ring (bicyclic) bond motifs is 1. The highest BCUT2D eigenvalue weighted by Gasteiger charge is 2.11. The lowest BCUT2D eigenvalue weighted by atomic mass is 10.1. The third-order valence-corrected chi connectivity index (χ3v) is 4.27. The first-order valence-electron chi connectivity index (χ1n) is 8.04. The molecule has 0 bridgehead atoms. The van der Waals surface area contributed by atoms with Gasteiger partial charge in [-0.3, -0.25) is 0 Å². The fourth-order valence-electron chi connectivity index (χ4n) is 2.59. The topological polar surface area (TPSA) is 72.5 Å². The fourth-order valence-corrected chi connectivity index (χ4v) is 2.75. The first-order valence-corrected chi connectivity index (χ1v) is 8.42. The molecule has 0 amide bonds. The molecule has 1 aromatic heterocycles. The molecule has 0 spiro atoms. The molecule has 3 rings (SSSR count). The first-order chi connectivity index (χ1) is 12.5. The second-order valence-electron chi connectivity index (χ2n) is 5.68. The SMILES string of the molecule is CCOc1cc(C#N)ccc1OCc1cc(=O)oc2cc(C)c(Cl)cc12. The van der Waals surface area contributed by atoms with Gasteiger partial charge in [0.2, 0.25) is 0 Å². The van der Waals surface area contributed by atoms with Gasteiger partial charge in [-0.2, -0.15) is 5.26 Å². The predicted octanol–water partition coefficient (Wildman–Crippen LogP) is 4.60. The zero-order valence-corrected chi connectivity index (χ0v) is 15.1. The standard InChI is InChI=1S/C20H16ClNO4/c1-3-24-19-7-13(10-22)4-5-17(19)25-11-14-8-20(23)26-18-6-12(2)16(21)9-15(14)18/h4-9H,3,11H2,1-2H3. The normalized spacial score (nSPS) is 10.5. The lowest BCUT2D eigenvalue weighted by Gasteiger charge is -2.13. The summed E-state index contributed by atoms with van der Waals surface area (Å²) in [5.74, 6) is 0.971. The Morgan fingerprint density at radius 3 is 2.69 bits per heavy atom. The van der Waals surface area contributed by atoms with Gasteiger partial charge in [0.25, 0.3) is 0 Å². The number of benzene rings is 2. The number of halogens is 1. The quantitative estimate of drug-likeness (QED) is 0.614. The highest BCUT2D eigenvalue weighted by Crippen LogP contribution is 2.30. The Balaban J connectivity index is 1.97. The van der Waals surface area contributed by atoms with E-state index in [0.29, 0.717) is 45.2 Å². The van der Waals surface area contributed by atoms with Crippen molar-refractivity contribution >= 4 is 22.6 Å². The Morgan fingerprint density at radius 1 is 1.15 bits per heavy atom. The summed E-state index contributed by atoms with van der Waals surface area (Å²) in [6.45, 7) is 4.27. The third kappa shape index (κ3) is 3.66. The van der Waals surface area contributed by atoms with Gasteiger partial charge < -0.3 is 13.9 Å². The molecule has 5 nitrogen and oxygen atoms in total. The number of aryl methyl sites for hydroxylation is 1. The van der Waals surface area contributed by atoms with Gasteiger partial charge in [-0.25, -0.2) is 4.79 Å². The molecule has 3 aromatic rings. The van der Waals surface area contributed by atoms with E-state index in [-0.39, 0.29) is 6.61 Å². The molecular formula is C20H16ClNO4. The number of hydrogen-bond acceptors (Lipinski definition) is 5. The number of ether oxygens (including phenoxy) is 2. The van der Waals surface area contributed by atoms with Crippen LogP contribution in [0, 0.1) is 18.3 Å². The molecule has 0 aliphatic heterocycles. The summed E-state index contributed by atoms with van der Waals surface area (Å²) in [4.78, 5) is 11.8. The van der Waals surface area contributed by atoms with Gasteiger partial charge in [-0.1, -0.05) is 11.6 Å². The Morgan fingerprint density at radius 2 is 1.96 bits per heavy atom. The van der Waals surface area contributed by atoms with Crippen LogP contribution in [-0.4, -0.2) is 6.61 Å². The molecule has 0 atom stereocenters. The highest BCUT2D eigenvalue weighted by atomic mass is 35.5. The van der Waals surface area contributed by atoms with E-state index in [1.807, 2.05) is 13.8 Å². The molecule has 0 radical (unpaired) electrons. The van der Waals surface area contributed by atoms with Crippen LogP contribution in [0.15, 0.2) is 45.6 Å². The Hall–Kier alpha value is -2.97. The summed E-state index contributed by atoms with van der Waals surface area (Å²) < 4.78 is 16.6. The lowest BCUT2D eigenvalue weighted by Crippen LogP contribution is -2.05. The average Bonchev–Trinajstić information content (AvgIpc) is 2.62. The highest BCUT2D eigenvalue weighted by molar-refractivity contribution is 6.32. The van der Waals surface area contributed by atoms with Crippen molar-refractivity contribution in [2.75, 3.05) is 6.61 Å². The maximum Gasteiger partial charge on any atom is 0.336 e. The third-order valence-electron chi connectivity index (χ3n) is 3.87. The molecule has 0 saturated heterocycles. The van der Waals surface area contributed by atoms with Crippen LogP contribution < -0.4 is 15.1 Å². The van der Waals surface area contributed by atoms with Crippen molar-refractivity contribution in [3.05, 3.63) is 68.5 Å². The van der Waals surface area contributed by atoms with Crippen LogP contribution in [0.2, 0.25) is 5.02 Å². The van der Waals surface area contributed by atoms with Gasteiger partial charge in [-0.05, 0) is 43.7 Å². The second kappa shape index (κ2) is 7.51. The van der Waals surface area contributed by atoms with E-state index in [4.69, 9.17) is 30.8 Å². The molecule has 132 valence electrons. The molecule has 0 aliphatic rings. The van der Waals surface area contributed by atoms with E-state index in [1.165, 1.54) is 6.07 Å². The average molecular weight is 370 g/mol. The minimum absolute atomic E-state index is 0.132. The van der Waals surface area contributed by atoms with Gasteiger partial charge >= 0.3 is 5.63 Å². The molecule has 1 heterocycles. The molecule has 6 heteroatoms. The zero-order valence-electron chi connectivity index (χ0n) is 14.3. The molecular weight excluding hydrogens is 354 g/mol. The van der Waals surface area contributed by atoms with Crippen molar-refractivity contribution in [2.24, 2.45) is 0 Å². The molecule has 0 N–H and O–H groups in total. The van der Waals surface area contributed by atoms with Crippen LogP contribution in [0.25, 0.3) is 11.0 Å². The number of nitrogens with zero attached hydrogens (tertiary/aromatic N) is 1. The van der Waals surface area contributed by atoms with E-state index < -0.39 is 5.63 Å². The molecule has 0 saturated carbocycles. The van der Waals surface area contributed by atoms with Crippen LogP contribution in [0.4, 0.5) is 0 Å². The molecule has 0 unspecified atom stereocenters. The number of rotatable bonds is 5. The van der Waals surface area contributed by atoms with Crippen molar-refractivity contribution in [3.63, 3.8) is 0 Å². The van der Waals surface area contributed by atoms with Gasteiger partial charge in [0.15, 0.2) is 11.5 Å². The summed E-state index contributed by atoms with van der Waals surface area (Å²) in [6.07, 6.45) is 0. The fraction of sp³-hybridized carbons (Fsp3) is 0.200. The lowest BCUT2D eigenvalue weighted by molar-refractivity contribution is 0.269. The largest absolute Gasteiger partial charge is 0.490 e. The van der Waals surface area contributed by atoms with E-state index in [0.717, 1.165) is 5.56 Å². The summed E-state index contributed by atoms with van der Waals surface area (Å²) >= 11 is 6.21. The monoisotopic (exact) mass is 369 g/mol. The van der Waals surface area contributed by atoms with Crippen LogP contribution >= 0.6 is 11.6 Å². The summed E-state index contributed by atoms with van der Waals surface area (Å²) in [5, 5.41) is 10.3. The maximum absolute atomic E-state index is 11.8. The van der Waals surface area contributed by atoms with Crippen molar-refractivity contribution < 1.29 is 13.9 Å². The van der Waals surface area contributed by atoms with Crippen LogP contribution in [-0.2, 0) is 6.61 Å². The second-order valence-corrected chi connectivity index (χ2v) is 6.09. The van der Waals surface area contributed by atoms with E-state index in [1.54, 1.807) is 30.3 Å². The molecule has 2 aromatic carbocycles.